The lowest BCUT2D eigenvalue weighted by Crippen LogP contribution is -2.19. The minimum absolute atomic E-state index is 0.248. The molecule has 5 nitrogen and oxygen atoms in total. The first-order chi connectivity index (χ1) is 8.25. The van der Waals surface area contributed by atoms with E-state index in [-0.39, 0.29) is 11.2 Å². The highest BCUT2D eigenvalue weighted by molar-refractivity contribution is 6.32. The second-order valence-electron chi connectivity index (χ2n) is 3.16. The van der Waals surface area contributed by atoms with Crippen LogP contribution in [0.15, 0.2) is 42.9 Å². The predicted octanol–water partition coefficient (Wildman–Crippen LogP) is 2.77. The number of nitrogens with one attached hydrogen (secondary N) is 2. The van der Waals surface area contributed by atoms with E-state index in [4.69, 9.17) is 11.6 Å². The first kappa shape index (κ1) is 11.3. The molecule has 2 amide bonds. The Hall–Kier alpha value is -2.14. The van der Waals surface area contributed by atoms with E-state index in [1.807, 2.05) is 0 Å². The fourth-order valence-corrected chi connectivity index (χ4v) is 1.37. The van der Waals surface area contributed by atoms with Crippen LogP contribution in [0, 0.1) is 0 Å². The van der Waals surface area contributed by atoms with Gasteiger partial charge < -0.3 is 10.6 Å². The number of hydrogen-bond acceptors (Lipinski definition) is 3. The van der Waals surface area contributed by atoms with Crippen molar-refractivity contribution in [3.05, 3.63) is 48.0 Å². The Morgan fingerprint density at radius 3 is 2.59 bits per heavy atom. The molecule has 6 heteroatoms. The van der Waals surface area contributed by atoms with E-state index in [1.54, 1.807) is 42.9 Å². The minimum atomic E-state index is -0.383. The topological polar surface area (TPSA) is 66.9 Å². The van der Waals surface area contributed by atoms with Gasteiger partial charge in [-0.3, -0.25) is 4.98 Å². The number of urea groups is 1. The second kappa shape index (κ2) is 5.27. The number of hydrogen-bond donors (Lipinski definition) is 2. The van der Waals surface area contributed by atoms with Crippen molar-refractivity contribution in [3.8, 4) is 0 Å². The second-order valence-corrected chi connectivity index (χ2v) is 3.51. The molecule has 0 aliphatic rings. The van der Waals surface area contributed by atoms with E-state index in [1.165, 1.54) is 0 Å². The molecule has 0 unspecified atom stereocenters. The molecule has 17 heavy (non-hydrogen) atoms. The lowest BCUT2D eigenvalue weighted by atomic mass is 10.4. The van der Waals surface area contributed by atoms with E-state index < -0.39 is 0 Å². The zero-order valence-corrected chi connectivity index (χ0v) is 9.48. The van der Waals surface area contributed by atoms with E-state index in [9.17, 15) is 4.79 Å². The molecule has 0 saturated heterocycles. The van der Waals surface area contributed by atoms with Crippen molar-refractivity contribution in [2.75, 3.05) is 10.6 Å². The van der Waals surface area contributed by atoms with Gasteiger partial charge in [0.15, 0.2) is 5.15 Å². The lowest BCUT2D eigenvalue weighted by molar-refractivity contribution is 0.262. The van der Waals surface area contributed by atoms with Crippen LogP contribution in [0.2, 0.25) is 5.15 Å². The molecule has 0 saturated carbocycles. The van der Waals surface area contributed by atoms with Gasteiger partial charge in [0.1, 0.15) is 0 Å². The summed E-state index contributed by atoms with van der Waals surface area (Å²) in [6, 6.07) is 6.34. The molecule has 0 fully saturated rings. The SMILES string of the molecule is O=C(Nc1ccncc1)Nc1cccnc1Cl. The fraction of sp³-hybridized carbons (Fsp3) is 0. The number of aromatic nitrogens is 2. The molecule has 2 aromatic heterocycles. The largest absolute Gasteiger partial charge is 0.323 e. The standard InChI is InChI=1S/C11H9ClN4O/c12-10-9(2-1-5-14-10)16-11(17)15-8-3-6-13-7-4-8/h1-7H,(H2,13,15,16,17). The molecule has 2 heterocycles. The zero-order chi connectivity index (χ0) is 12.1. The quantitative estimate of drug-likeness (QED) is 0.803. The molecule has 0 aliphatic carbocycles. The van der Waals surface area contributed by atoms with Gasteiger partial charge in [-0.15, -0.1) is 0 Å². The Labute approximate surface area is 103 Å². The van der Waals surface area contributed by atoms with Crippen molar-refractivity contribution in [1.29, 1.82) is 0 Å². The molecule has 0 aliphatic heterocycles. The van der Waals surface area contributed by atoms with Crippen LogP contribution in [-0.4, -0.2) is 16.0 Å². The Kier molecular flexibility index (Phi) is 3.52. The maximum atomic E-state index is 11.6. The highest BCUT2D eigenvalue weighted by atomic mass is 35.5. The fourth-order valence-electron chi connectivity index (χ4n) is 1.20. The molecule has 0 spiro atoms. The molecule has 0 radical (unpaired) electrons. The van der Waals surface area contributed by atoms with E-state index in [0.29, 0.717) is 11.4 Å². The summed E-state index contributed by atoms with van der Waals surface area (Å²) in [5, 5.41) is 5.48. The Bertz CT molecular complexity index is 518. The molecular formula is C11H9ClN4O. The number of anilines is 2. The summed E-state index contributed by atoms with van der Waals surface area (Å²) in [4.78, 5) is 19.3. The van der Waals surface area contributed by atoms with E-state index in [0.717, 1.165) is 0 Å². The highest BCUT2D eigenvalue weighted by Gasteiger charge is 2.05. The third kappa shape index (κ3) is 3.15. The number of nitrogens with zero attached hydrogens (tertiary/aromatic N) is 2. The summed E-state index contributed by atoms with van der Waals surface area (Å²) in [5.74, 6) is 0. The molecule has 86 valence electrons. The smallest absolute Gasteiger partial charge is 0.308 e. The Balaban J connectivity index is 2.01. The van der Waals surface area contributed by atoms with Crippen LogP contribution in [0.3, 0.4) is 0 Å². The maximum Gasteiger partial charge on any atom is 0.323 e. The van der Waals surface area contributed by atoms with Crippen LogP contribution in [0.25, 0.3) is 0 Å². The molecule has 2 rings (SSSR count). The maximum absolute atomic E-state index is 11.6. The summed E-state index contributed by atoms with van der Waals surface area (Å²) in [7, 11) is 0. The number of pyridine rings is 2. The first-order valence-electron chi connectivity index (χ1n) is 4.84. The molecular weight excluding hydrogens is 240 g/mol. The summed E-state index contributed by atoms with van der Waals surface area (Å²) < 4.78 is 0. The summed E-state index contributed by atoms with van der Waals surface area (Å²) >= 11 is 5.81. The molecule has 2 aromatic rings. The highest BCUT2D eigenvalue weighted by Crippen LogP contribution is 2.17. The van der Waals surface area contributed by atoms with Gasteiger partial charge in [0.05, 0.1) is 5.69 Å². The Morgan fingerprint density at radius 1 is 1.12 bits per heavy atom. The number of amides is 2. The van der Waals surface area contributed by atoms with Gasteiger partial charge in [0, 0.05) is 24.3 Å². The number of rotatable bonds is 2. The van der Waals surface area contributed by atoms with Gasteiger partial charge in [-0.25, -0.2) is 9.78 Å². The van der Waals surface area contributed by atoms with Gasteiger partial charge in [-0.05, 0) is 24.3 Å². The van der Waals surface area contributed by atoms with Crippen LogP contribution < -0.4 is 10.6 Å². The van der Waals surface area contributed by atoms with Gasteiger partial charge in [0.2, 0.25) is 0 Å². The molecule has 0 aromatic carbocycles. The van der Waals surface area contributed by atoms with E-state index >= 15 is 0 Å². The minimum Gasteiger partial charge on any atom is -0.308 e. The van der Waals surface area contributed by atoms with E-state index in [2.05, 4.69) is 20.6 Å². The van der Waals surface area contributed by atoms with Crippen LogP contribution in [0.4, 0.5) is 16.2 Å². The summed E-state index contributed by atoms with van der Waals surface area (Å²) in [6.07, 6.45) is 4.73. The van der Waals surface area contributed by atoms with Crippen molar-refractivity contribution < 1.29 is 4.79 Å². The lowest BCUT2D eigenvalue weighted by Gasteiger charge is -2.07. The van der Waals surface area contributed by atoms with Crippen molar-refractivity contribution in [2.24, 2.45) is 0 Å². The van der Waals surface area contributed by atoms with Gasteiger partial charge in [0.25, 0.3) is 0 Å². The predicted molar refractivity (Wildman–Crippen MR) is 66.1 cm³/mol. The van der Waals surface area contributed by atoms with Gasteiger partial charge in [-0.1, -0.05) is 11.6 Å². The molecule has 2 N–H and O–H groups in total. The van der Waals surface area contributed by atoms with Crippen molar-refractivity contribution in [2.45, 2.75) is 0 Å². The molecule has 0 bridgehead atoms. The van der Waals surface area contributed by atoms with Crippen LogP contribution >= 0.6 is 11.6 Å². The number of carbonyl (C=O) groups excluding carboxylic acids is 1. The number of carbonyl (C=O) groups is 1. The van der Waals surface area contributed by atoms with Crippen LogP contribution in [0.1, 0.15) is 0 Å². The van der Waals surface area contributed by atoms with Crippen molar-refractivity contribution >= 4 is 29.0 Å². The van der Waals surface area contributed by atoms with Crippen molar-refractivity contribution in [1.82, 2.24) is 9.97 Å². The third-order valence-electron chi connectivity index (χ3n) is 1.95. The first-order valence-corrected chi connectivity index (χ1v) is 5.22. The average Bonchev–Trinajstić information content (AvgIpc) is 2.33. The summed E-state index contributed by atoms with van der Waals surface area (Å²) in [6.45, 7) is 0. The van der Waals surface area contributed by atoms with Gasteiger partial charge in [-0.2, -0.15) is 0 Å². The average molecular weight is 249 g/mol. The Morgan fingerprint density at radius 2 is 1.88 bits per heavy atom. The van der Waals surface area contributed by atoms with Crippen molar-refractivity contribution in [3.63, 3.8) is 0 Å². The third-order valence-corrected chi connectivity index (χ3v) is 2.25. The normalized spacial score (nSPS) is 9.71. The zero-order valence-electron chi connectivity index (χ0n) is 8.72. The van der Waals surface area contributed by atoms with Crippen LogP contribution in [0.5, 0.6) is 0 Å². The monoisotopic (exact) mass is 248 g/mol. The molecule has 0 atom stereocenters. The number of halogens is 1. The van der Waals surface area contributed by atoms with Crippen LogP contribution in [-0.2, 0) is 0 Å². The van der Waals surface area contributed by atoms with Gasteiger partial charge >= 0.3 is 6.03 Å². The summed E-state index contributed by atoms with van der Waals surface area (Å²) in [5.41, 5.74) is 1.11.